The van der Waals surface area contributed by atoms with Crippen LogP contribution in [0.4, 0.5) is 5.82 Å². The molecule has 0 amide bonds. The Hall–Kier alpha value is -1.15. The number of anilines is 1. The number of hydrogen-bond acceptors (Lipinski definition) is 6. The molecule has 2 unspecified atom stereocenters. The van der Waals surface area contributed by atoms with Gasteiger partial charge in [-0.2, -0.15) is 0 Å². The highest BCUT2D eigenvalue weighted by Crippen LogP contribution is 2.26. The SMILES string of the molecule is CC1CN(c2nc3sccn3c2CN)CC(CO)O1. The van der Waals surface area contributed by atoms with E-state index in [-0.39, 0.29) is 18.8 Å². The van der Waals surface area contributed by atoms with E-state index in [1.165, 1.54) is 0 Å². The first-order valence-electron chi connectivity index (χ1n) is 6.38. The molecule has 0 bridgehead atoms. The molecule has 1 aliphatic heterocycles. The Morgan fingerprint density at radius 1 is 1.58 bits per heavy atom. The number of aromatic nitrogens is 2. The van der Waals surface area contributed by atoms with Gasteiger partial charge in [-0.25, -0.2) is 4.98 Å². The van der Waals surface area contributed by atoms with Gasteiger partial charge in [-0.05, 0) is 6.92 Å². The summed E-state index contributed by atoms with van der Waals surface area (Å²) in [6.07, 6.45) is 1.91. The standard InChI is InChI=1S/C12H18N4O2S/c1-8-5-15(6-9(7-17)18-8)11-10(4-13)16-2-3-19-12(16)14-11/h2-3,8-9,17H,4-7,13H2,1H3. The van der Waals surface area contributed by atoms with Gasteiger partial charge in [0.05, 0.1) is 24.5 Å². The molecule has 2 aromatic rings. The second-order valence-electron chi connectivity index (χ2n) is 4.80. The van der Waals surface area contributed by atoms with Crippen LogP contribution in [-0.2, 0) is 11.3 Å². The molecule has 1 fully saturated rings. The normalized spacial score (nSPS) is 24.3. The van der Waals surface area contributed by atoms with Crippen molar-refractivity contribution in [3.63, 3.8) is 0 Å². The van der Waals surface area contributed by atoms with Crippen molar-refractivity contribution in [3.05, 3.63) is 17.3 Å². The Bertz CT molecular complexity index is 567. The molecule has 0 aliphatic carbocycles. The van der Waals surface area contributed by atoms with Gasteiger partial charge < -0.3 is 20.5 Å². The molecule has 2 aromatic heterocycles. The summed E-state index contributed by atoms with van der Waals surface area (Å²) in [5.74, 6) is 0.919. The maximum atomic E-state index is 9.30. The van der Waals surface area contributed by atoms with Gasteiger partial charge >= 0.3 is 0 Å². The van der Waals surface area contributed by atoms with E-state index >= 15 is 0 Å². The van der Waals surface area contributed by atoms with Gasteiger partial charge in [-0.3, -0.25) is 4.40 Å². The molecule has 3 heterocycles. The van der Waals surface area contributed by atoms with Crippen molar-refractivity contribution in [2.75, 3.05) is 24.6 Å². The molecule has 3 rings (SSSR count). The molecule has 1 aliphatic rings. The zero-order valence-electron chi connectivity index (χ0n) is 10.8. The van der Waals surface area contributed by atoms with Gasteiger partial charge in [0.15, 0.2) is 10.8 Å². The number of hydrogen-bond donors (Lipinski definition) is 2. The summed E-state index contributed by atoms with van der Waals surface area (Å²) >= 11 is 1.60. The minimum atomic E-state index is -0.158. The van der Waals surface area contributed by atoms with Crippen LogP contribution in [0.25, 0.3) is 4.96 Å². The van der Waals surface area contributed by atoms with Gasteiger partial charge in [0, 0.05) is 31.2 Å². The Kier molecular flexibility index (Phi) is 3.44. The molecular weight excluding hydrogens is 264 g/mol. The van der Waals surface area contributed by atoms with Crippen LogP contribution in [0.1, 0.15) is 12.6 Å². The second-order valence-corrected chi connectivity index (χ2v) is 5.67. The van der Waals surface area contributed by atoms with Crippen LogP contribution in [0.5, 0.6) is 0 Å². The van der Waals surface area contributed by atoms with Crippen LogP contribution in [0.15, 0.2) is 11.6 Å². The summed E-state index contributed by atoms with van der Waals surface area (Å²) in [5.41, 5.74) is 6.88. The monoisotopic (exact) mass is 282 g/mol. The topological polar surface area (TPSA) is 76.0 Å². The minimum absolute atomic E-state index is 0.0288. The number of aliphatic hydroxyl groups excluding tert-OH is 1. The Morgan fingerprint density at radius 2 is 2.42 bits per heavy atom. The van der Waals surface area contributed by atoms with E-state index in [0.717, 1.165) is 23.0 Å². The smallest absolute Gasteiger partial charge is 0.195 e. The van der Waals surface area contributed by atoms with Crippen molar-refractivity contribution in [2.24, 2.45) is 5.73 Å². The summed E-state index contributed by atoms with van der Waals surface area (Å²) in [6, 6.07) is 0. The van der Waals surface area contributed by atoms with Crippen molar-refractivity contribution in [1.82, 2.24) is 9.38 Å². The van der Waals surface area contributed by atoms with Crippen molar-refractivity contribution in [1.29, 1.82) is 0 Å². The van der Waals surface area contributed by atoms with Crippen molar-refractivity contribution in [2.45, 2.75) is 25.7 Å². The van der Waals surface area contributed by atoms with Gasteiger partial charge in [0.2, 0.25) is 0 Å². The quantitative estimate of drug-likeness (QED) is 0.854. The third-order valence-corrected chi connectivity index (χ3v) is 4.12. The molecule has 6 nitrogen and oxygen atoms in total. The molecule has 7 heteroatoms. The summed E-state index contributed by atoms with van der Waals surface area (Å²) in [7, 11) is 0. The Labute approximate surface area is 115 Å². The number of ether oxygens (including phenoxy) is 1. The second kappa shape index (κ2) is 5.09. The molecular formula is C12H18N4O2S. The zero-order valence-corrected chi connectivity index (χ0v) is 11.6. The van der Waals surface area contributed by atoms with Gasteiger partial charge in [-0.1, -0.05) is 0 Å². The number of rotatable bonds is 3. The molecule has 104 valence electrons. The van der Waals surface area contributed by atoms with Gasteiger partial charge in [0.1, 0.15) is 0 Å². The summed E-state index contributed by atoms with van der Waals surface area (Å²) < 4.78 is 7.70. The van der Waals surface area contributed by atoms with Gasteiger partial charge in [0.25, 0.3) is 0 Å². The summed E-state index contributed by atoms with van der Waals surface area (Å²) in [4.78, 5) is 7.78. The van der Waals surface area contributed by atoms with Crippen molar-refractivity contribution in [3.8, 4) is 0 Å². The van der Waals surface area contributed by atoms with E-state index in [4.69, 9.17) is 10.5 Å². The predicted molar refractivity (Wildman–Crippen MR) is 74.6 cm³/mol. The zero-order chi connectivity index (χ0) is 13.4. The lowest BCUT2D eigenvalue weighted by Gasteiger charge is -2.36. The third-order valence-electron chi connectivity index (χ3n) is 3.36. The average Bonchev–Trinajstić information content (AvgIpc) is 2.97. The van der Waals surface area contributed by atoms with E-state index in [1.807, 2.05) is 22.9 Å². The highest BCUT2D eigenvalue weighted by atomic mass is 32.1. The lowest BCUT2D eigenvalue weighted by Crippen LogP contribution is -2.48. The van der Waals surface area contributed by atoms with Crippen molar-refractivity contribution >= 4 is 22.1 Å². The molecule has 3 N–H and O–H groups in total. The summed E-state index contributed by atoms with van der Waals surface area (Å²) in [5, 5.41) is 11.3. The van der Waals surface area contributed by atoms with Crippen LogP contribution in [-0.4, -0.2) is 46.4 Å². The highest BCUT2D eigenvalue weighted by molar-refractivity contribution is 7.15. The fourth-order valence-electron chi connectivity index (χ4n) is 2.58. The number of aliphatic hydroxyl groups is 1. The van der Waals surface area contributed by atoms with Crippen LogP contribution >= 0.6 is 11.3 Å². The highest BCUT2D eigenvalue weighted by Gasteiger charge is 2.28. The van der Waals surface area contributed by atoms with E-state index in [0.29, 0.717) is 13.1 Å². The minimum Gasteiger partial charge on any atom is -0.394 e. The lowest BCUT2D eigenvalue weighted by molar-refractivity contribution is -0.0423. The molecule has 1 saturated heterocycles. The first-order valence-corrected chi connectivity index (χ1v) is 7.26. The van der Waals surface area contributed by atoms with Crippen LogP contribution in [0.3, 0.4) is 0 Å². The van der Waals surface area contributed by atoms with Crippen LogP contribution in [0.2, 0.25) is 0 Å². The number of fused-ring (bicyclic) bond motifs is 1. The predicted octanol–water partition coefficient (Wildman–Crippen LogP) is 0.441. The van der Waals surface area contributed by atoms with E-state index in [1.54, 1.807) is 11.3 Å². The number of imidazole rings is 1. The lowest BCUT2D eigenvalue weighted by atomic mass is 10.2. The number of nitrogens with two attached hydrogens (primary N) is 1. The maximum Gasteiger partial charge on any atom is 0.195 e. The fraction of sp³-hybridized carbons (Fsp3) is 0.583. The Morgan fingerprint density at radius 3 is 3.16 bits per heavy atom. The molecule has 0 spiro atoms. The van der Waals surface area contributed by atoms with Crippen LogP contribution < -0.4 is 10.6 Å². The molecule has 0 aromatic carbocycles. The fourth-order valence-corrected chi connectivity index (χ4v) is 3.31. The first kappa shape index (κ1) is 12.9. The van der Waals surface area contributed by atoms with E-state index in [9.17, 15) is 5.11 Å². The molecule has 2 atom stereocenters. The number of thiazole rings is 1. The van der Waals surface area contributed by atoms with E-state index < -0.39 is 0 Å². The summed E-state index contributed by atoms with van der Waals surface area (Å²) in [6.45, 7) is 3.91. The van der Waals surface area contributed by atoms with Gasteiger partial charge in [-0.15, -0.1) is 11.3 Å². The first-order chi connectivity index (χ1) is 9.22. The van der Waals surface area contributed by atoms with E-state index in [2.05, 4.69) is 9.88 Å². The average molecular weight is 282 g/mol. The Balaban J connectivity index is 1.96. The number of nitrogens with zero attached hydrogens (tertiary/aromatic N) is 3. The number of morpholine rings is 1. The molecule has 19 heavy (non-hydrogen) atoms. The third kappa shape index (κ3) is 2.23. The van der Waals surface area contributed by atoms with Crippen LogP contribution in [0, 0.1) is 0 Å². The largest absolute Gasteiger partial charge is 0.394 e. The van der Waals surface area contributed by atoms with Crippen molar-refractivity contribution < 1.29 is 9.84 Å². The maximum absolute atomic E-state index is 9.30. The molecule has 0 radical (unpaired) electrons. The molecule has 0 saturated carbocycles.